The molecule has 1 amide bonds. The van der Waals surface area contributed by atoms with Crippen LogP contribution < -0.4 is 20.1 Å². The van der Waals surface area contributed by atoms with E-state index in [1.165, 1.54) is 32.1 Å². The molecule has 0 radical (unpaired) electrons. The van der Waals surface area contributed by atoms with Crippen molar-refractivity contribution in [3.8, 4) is 11.5 Å². The molecule has 26 heavy (non-hydrogen) atoms. The van der Waals surface area contributed by atoms with Crippen molar-refractivity contribution in [2.75, 3.05) is 24.9 Å². The highest BCUT2D eigenvalue weighted by molar-refractivity contribution is 6.04. The fourth-order valence-electron chi connectivity index (χ4n) is 3.19. The van der Waals surface area contributed by atoms with Crippen molar-refractivity contribution in [2.45, 2.75) is 38.1 Å². The summed E-state index contributed by atoms with van der Waals surface area (Å²) in [7, 11) is 3.14. The molecule has 1 aliphatic carbocycles. The van der Waals surface area contributed by atoms with Gasteiger partial charge < -0.3 is 20.1 Å². The Hall–Kier alpha value is -2.76. The summed E-state index contributed by atoms with van der Waals surface area (Å²) in [6, 6.07) is 9.38. The van der Waals surface area contributed by atoms with Crippen molar-refractivity contribution in [2.24, 2.45) is 0 Å². The van der Waals surface area contributed by atoms with Crippen LogP contribution >= 0.6 is 0 Å². The summed E-state index contributed by atoms with van der Waals surface area (Å²) in [5.74, 6) is 1.79. The minimum absolute atomic E-state index is 0.214. The van der Waals surface area contributed by atoms with E-state index >= 15 is 0 Å². The van der Waals surface area contributed by atoms with Crippen molar-refractivity contribution in [3.05, 3.63) is 42.1 Å². The van der Waals surface area contributed by atoms with Gasteiger partial charge in [0.25, 0.3) is 5.91 Å². The number of rotatable bonds is 6. The van der Waals surface area contributed by atoms with Crippen LogP contribution in [0.1, 0.15) is 42.5 Å². The molecule has 0 bridgehead atoms. The summed E-state index contributed by atoms with van der Waals surface area (Å²) in [4.78, 5) is 16.8. The molecule has 0 spiro atoms. The molecule has 1 heterocycles. The van der Waals surface area contributed by atoms with E-state index in [1.807, 2.05) is 6.07 Å². The van der Waals surface area contributed by atoms with Crippen LogP contribution in [0.4, 0.5) is 11.5 Å². The molecule has 1 aromatic heterocycles. The standard InChI is InChI=1S/C20H25N3O3/c1-25-17-10-9-16(12-18(17)26-2)23-20(24)14-8-11-19(21-13-14)22-15-6-4-3-5-7-15/h8-13,15H,3-7H2,1-2H3,(H,21,22)(H,23,24). The molecule has 6 nitrogen and oxygen atoms in total. The molecule has 1 saturated carbocycles. The Balaban J connectivity index is 1.62. The highest BCUT2D eigenvalue weighted by Gasteiger charge is 2.14. The summed E-state index contributed by atoms with van der Waals surface area (Å²) < 4.78 is 10.5. The number of amides is 1. The van der Waals surface area contributed by atoms with Gasteiger partial charge in [0, 0.05) is 24.0 Å². The van der Waals surface area contributed by atoms with Crippen molar-refractivity contribution < 1.29 is 14.3 Å². The van der Waals surface area contributed by atoms with Crippen LogP contribution in [0, 0.1) is 0 Å². The quantitative estimate of drug-likeness (QED) is 0.816. The lowest BCUT2D eigenvalue weighted by Gasteiger charge is -2.23. The smallest absolute Gasteiger partial charge is 0.257 e. The fraction of sp³-hybridized carbons (Fsp3) is 0.400. The van der Waals surface area contributed by atoms with Crippen LogP contribution in [0.15, 0.2) is 36.5 Å². The van der Waals surface area contributed by atoms with Crippen LogP contribution in [0.3, 0.4) is 0 Å². The lowest BCUT2D eigenvalue weighted by molar-refractivity contribution is 0.102. The second-order valence-corrected chi connectivity index (χ2v) is 6.44. The molecule has 1 aliphatic rings. The lowest BCUT2D eigenvalue weighted by atomic mass is 9.95. The molecular weight excluding hydrogens is 330 g/mol. The van der Waals surface area contributed by atoms with Gasteiger partial charge in [0.05, 0.1) is 19.8 Å². The molecule has 0 saturated heterocycles. The van der Waals surface area contributed by atoms with Gasteiger partial charge in [0.2, 0.25) is 0 Å². The number of hydrogen-bond acceptors (Lipinski definition) is 5. The number of aromatic nitrogens is 1. The molecule has 1 aromatic carbocycles. The van der Waals surface area contributed by atoms with E-state index in [-0.39, 0.29) is 5.91 Å². The number of methoxy groups -OCH3 is 2. The summed E-state index contributed by atoms with van der Waals surface area (Å²) in [5, 5.41) is 6.30. The molecule has 0 aliphatic heterocycles. The lowest BCUT2D eigenvalue weighted by Crippen LogP contribution is -2.22. The third kappa shape index (κ3) is 4.45. The van der Waals surface area contributed by atoms with E-state index in [1.54, 1.807) is 44.7 Å². The van der Waals surface area contributed by atoms with E-state index in [9.17, 15) is 4.79 Å². The van der Waals surface area contributed by atoms with E-state index < -0.39 is 0 Å². The van der Waals surface area contributed by atoms with Gasteiger partial charge in [-0.15, -0.1) is 0 Å². The number of benzene rings is 1. The number of carbonyl (C=O) groups is 1. The maximum absolute atomic E-state index is 12.4. The minimum atomic E-state index is -0.214. The zero-order valence-electron chi connectivity index (χ0n) is 15.2. The molecule has 6 heteroatoms. The molecule has 0 unspecified atom stereocenters. The van der Waals surface area contributed by atoms with E-state index in [4.69, 9.17) is 9.47 Å². The molecule has 3 rings (SSSR count). The zero-order valence-corrected chi connectivity index (χ0v) is 15.2. The number of hydrogen-bond donors (Lipinski definition) is 2. The number of pyridine rings is 1. The summed E-state index contributed by atoms with van der Waals surface area (Å²) in [6.45, 7) is 0. The van der Waals surface area contributed by atoms with Gasteiger partial charge in [-0.2, -0.15) is 0 Å². The molecule has 2 N–H and O–H groups in total. The number of nitrogens with zero attached hydrogens (tertiary/aromatic N) is 1. The van der Waals surface area contributed by atoms with Gasteiger partial charge in [-0.25, -0.2) is 4.98 Å². The van der Waals surface area contributed by atoms with Crippen LogP contribution in [-0.2, 0) is 0 Å². The highest BCUT2D eigenvalue weighted by atomic mass is 16.5. The van der Waals surface area contributed by atoms with Crippen LogP contribution in [0.5, 0.6) is 11.5 Å². The largest absolute Gasteiger partial charge is 0.493 e. The molecule has 138 valence electrons. The monoisotopic (exact) mass is 355 g/mol. The Kier molecular flexibility index (Phi) is 5.94. The van der Waals surface area contributed by atoms with Gasteiger partial charge in [-0.1, -0.05) is 19.3 Å². The molecule has 1 fully saturated rings. The van der Waals surface area contributed by atoms with Gasteiger partial charge in [0.1, 0.15) is 5.82 Å². The topological polar surface area (TPSA) is 72.5 Å². The van der Waals surface area contributed by atoms with Crippen LogP contribution in [0.2, 0.25) is 0 Å². The number of ether oxygens (including phenoxy) is 2. The molecule has 2 aromatic rings. The molecular formula is C20H25N3O3. The minimum Gasteiger partial charge on any atom is -0.493 e. The Morgan fingerprint density at radius 3 is 2.46 bits per heavy atom. The van der Waals surface area contributed by atoms with Crippen LogP contribution in [-0.4, -0.2) is 31.2 Å². The van der Waals surface area contributed by atoms with Gasteiger partial charge in [-0.05, 0) is 37.1 Å². The third-order valence-corrected chi connectivity index (χ3v) is 4.62. The Bertz CT molecular complexity index is 740. The Morgan fingerprint density at radius 1 is 1.04 bits per heavy atom. The van der Waals surface area contributed by atoms with Gasteiger partial charge in [-0.3, -0.25) is 4.79 Å². The first-order valence-corrected chi connectivity index (χ1v) is 8.95. The normalized spacial score (nSPS) is 14.5. The fourth-order valence-corrected chi connectivity index (χ4v) is 3.19. The molecule has 0 atom stereocenters. The van der Waals surface area contributed by atoms with E-state index in [2.05, 4.69) is 15.6 Å². The van der Waals surface area contributed by atoms with Gasteiger partial charge in [0.15, 0.2) is 11.5 Å². The second kappa shape index (κ2) is 8.56. The number of anilines is 2. The first kappa shape index (κ1) is 18.0. The van der Waals surface area contributed by atoms with Gasteiger partial charge >= 0.3 is 0 Å². The summed E-state index contributed by atoms with van der Waals surface area (Å²) in [6.07, 6.45) is 7.82. The predicted molar refractivity (Wildman–Crippen MR) is 102 cm³/mol. The zero-order chi connectivity index (χ0) is 18.4. The average molecular weight is 355 g/mol. The van der Waals surface area contributed by atoms with Crippen molar-refractivity contribution in [1.82, 2.24) is 4.98 Å². The number of carbonyl (C=O) groups excluding carboxylic acids is 1. The summed E-state index contributed by atoms with van der Waals surface area (Å²) in [5.41, 5.74) is 1.14. The maximum Gasteiger partial charge on any atom is 0.257 e. The predicted octanol–water partition coefficient (Wildman–Crippen LogP) is 4.10. The Morgan fingerprint density at radius 2 is 1.81 bits per heavy atom. The maximum atomic E-state index is 12.4. The second-order valence-electron chi connectivity index (χ2n) is 6.44. The third-order valence-electron chi connectivity index (χ3n) is 4.62. The van der Waals surface area contributed by atoms with Crippen molar-refractivity contribution in [3.63, 3.8) is 0 Å². The highest BCUT2D eigenvalue weighted by Crippen LogP contribution is 2.30. The Labute approximate surface area is 153 Å². The van der Waals surface area contributed by atoms with Crippen LogP contribution in [0.25, 0.3) is 0 Å². The van der Waals surface area contributed by atoms with Crippen molar-refractivity contribution in [1.29, 1.82) is 0 Å². The van der Waals surface area contributed by atoms with E-state index in [0.29, 0.717) is 28.8 Å². The summed E-state index contributed by atoms with van der Waals surface area (Å²) >= 11 is 0. The SMILES string of the molecule is COc1ccc(NC(=O)c2ccc(NC3CCCCC3)nc2)cc1OC. The first-order valence-electron chi connectivity index (χ1n) is 8.95. The van der Waals surface area contributed by atoms with Crippen molar-refractivity contribution >= 4 is 17.4 Å². The number of nitrogens with one attached hydrogen (secondary N) is 2. The first-order chi connectivity index (χ1) is 12.7. The average Bonchev–Trinajstić information content (AvgIpc) is 2.69. The van der Waals surface area contributed by atoms with E-state index in [0.717, 1.165) is 5.82 Å².